The molecular formula is C21H25NO5. The molecule has 0 bridgehead atoms. The van der Waals surface area contributed by atoms with Gasteiger partial charge >= 0.3 is 0 Å². The summed E-state index contributed by atoms with van der Waals surface area (Å²) < 4.78 is 21.3. The average molecular weight is 371 g/mol. The first kappa shape index (κ1) is 20.0. The van der Waals surface area contributed by atoms with E-state index in [1.807, 2.05) is 43.4 Å². The molecule has 0 aliphatic heterocycles. The minimum atomic E-state index is 0.0441. The molecule has 0 amide bonds. The predicted octanol–water partition coefficient (Wildman–Crippen LogP) is 4.54. The molecule has 6 nitrogen and oxygen atoms in total. The van der Waals surface area contributed by atoms with Gasteiger partial charge in [0.1, 0.15) is 0 Å². The Hall–Kier alpha value is -3.28. The molecule has 0 unspecified atom stereocenters. The van der Waals surface area contributed by atoms with E-state index in [0.717, 1.165) is 11.1 Å². The zero-order chi connectivity index (χ0) is 19.8. The summed E-state index contributed by atoms with van der Waals surface area (Å²) in [7, 11) is 6.23. The predicted molar refractivity (Wildman–Crippen MR) is 108 cm³/mol. The fourth-order valence-corrected chi connectivity index (χ4v) is 2.59. The van der Waals surface area contributed by atoms with Gasteiger partial charge in [0.15, 0.2) is 23.0 Å². The molecule has 2 rings (SSSR count). The zero-order valence-corrected chi connectivity index (χ0v) is 16.2. The van der Waals surface area contributed by atoms with Crippen LogP contribution in [0.3, 0.4) is 0 Å². The Morgan fingerprint density at radius 2 is 1.48 bits per heavy atom. The zero-order valence-electron chi connectivity index (χ0n) is 16.2. The van der Waals surface area contributed by atoms with E-state index in [4.69, 9.17) is 18.9 Å². The van der Waals surface area contributed by atoms with Gasteiger partial charge in [-0.3, -0.25) is 0 Å². The number of phenols is 1. The minimum Gasteiger partial charge on any atom is -0.503 e. The maximum atomic E-state index is 10.4. The molecule has 0 aliphatic carbocycles. The number of phenolic OH excluding ortho intramolecular Hbond substituents is 1. The van der Waals surface area contributed by atoms with E-state index in [0.29, 0.717) is 28.7 Å². The lowest BCUT2D eigenvalue weighted by molar-refractivity contribution is 0.324. The van der Waals surface area contributed by atoms with E-state index in [1.165, 1.54) is 7.11 Å². The van der Waals surface area contributed by atoms with Crippen molar-refractivity contribution in [2.24, 2.45) is 0 Å². The van der Waals surface area contributed by atoms with Crippen LogP contribution >= 0.6 is 0 Å². The maximum absolute atomic E-state index is 10.4. The fraction of sp³-hybridized carbons (Fsp3) is 0.238. The summed E-state index contributed by atoms with van der Waals surface area (Å²) in [6, 6.07) is 7.27. The van der Waals surface area contributed by atoms with Crippen LogP contribution in [-0.4, -0.2) is 33.5 Å². The molecule has 0 fully saturated rings. The number of methoxy groups -OCH3 is 4. The van der Waals surface area contributed by atoms with Crippen LogP contribution < -0.4 is 24.3 Å². The average Bonchev–Trinajstić information content (AvgIpc) is 2.70. The Morgan fingerprint density at radius 3 is 2.00 bits per heavy atom. The lowest BCUT2D eigenvalue weighted by Gasteiger charge is -2.13. The van der Waals surface area contributed by atoms with Gasteiger partial charge in [-0.05, 0) is 43.0 Å². The molecule has 0 radical (unpaired) electrons. The number of benzene rings is 2. The maximum Gasteiger partial charge on any atom is 0.203 e. The quantitative estimate of drug-likeness (QED) is 0.524. The third-order valence-corrected chi connectivity index (χ3v) is 3.93. The first-order valence-corrected chi connectivity index (χ1v) is 8.35. The molecule has 27 heavy (non-hydrogen) atoms. The number of rotatable bonds is 8. The molecular weight excluding hydrogens is 346 g/mol. The summed E-state index contributed by atoms with van der Waals surface area (Å²) in [4.78, 5) is 0. The van der Waals surface area contributed by atoms with Crippen LogP contribution in [0.2, 0.25) is 0 Å². The number of ether oxygens (including phenoxy) is 4. The van der Waals surface area contributed by atoms with Gasteiger partial charge in [0.05, 0.1) is 34.1 Å². The van der Waals surface area contributed by atoms with Crippen LogP contribution in [0.25, 0.3) is 12.2 Å². The van der Waals surface area contributed by atoms with Gasteiger partial charge in [-0.1, -0.05) is 18.2 Å². The van der Waals surface area contributed by atoms with Crippen molar-refractivity contribution in [3.05, 3.63) is 47.7 Å². The van der Waals surface area contributed by atoms with Crippen molar-refractivity contribution in [2.45, 2.75) is 6.92 Å². The van der Waals surface area contributed by atoms with Gasteiger partial charge in [-0.2, -0.15) is 0 Å². The third-order valence-electron chi connectivity index (χ3n) is 3.93. The minimum absolute atomic E-state index is 0.0441. The first-order valence-electron chi connectivity index (χ1n) is 8.35. The van der Waals surface area contributed by atoms with Gasteiger partial charge in [0.2, 0.25) is 5.75 Å². The SMILES string of the molecule is C/C=C\Nc1c(/C=C\c2cc(OC)c(OC)c(OC)c2)ccc(OC)c1O. The molecule has 2 aromatic carbocycles. The summed E-state index contributed by atoms with van der Waals surface area (Å²) in [5.41, 5.74) is 2.20. The van der Waals surface area contributed by atoms with Crippen LogP contribution in [0.4, 0.5) is 5.69 Å². The number of hydrogen-bond acceptors (Lipinski definition) is 6. The van der Waals surface area contributed by atoms with E-state index >= 15 is 0 Å². The summed E-state index contributed by atoms with van der Waals surface area (Å²) in [6.45, 7) is 1.88. The van der Waals surface area contributed by atoms with Gasteiger partial charge in [0.25, 0.3) is 0 Å². The van der Waals surface area contributed by atoms with E-state index in [1.54, 1.807) is 33.6 Å². The van der Waals surface area contributed by atoms with Crippen molar-refractivity contribution in [2.75, 3.05) is 33.8 Å². The normalized spacial score (nSPS) is 11.0. The lowest BCUT2D eigenvalue weighted by atomic mass is 10.1. The highest BCUT2D eigenvalue weighted by molar-refractivity contribution is 5.82. The molecule has 0 heterocycles. The van der Waals surface area contributed by atoms with E-state index < -0.39 is 0 Å². The summed E-state index contributed by atoms with van der Waals surface area (Å²) >= 11 is 0. The van der Waals surface area contributed by atoms with Gasteiger partial charge in [0, 0.05) is 5.56 Å². The van der Waals surface area contributed by atoms with Crippen molar-refractivity contribution in [1.82, 2.24) is 0 Å². The topological polar surface area (TPSA) is 69.2 Å². The van der Waals surface area contributed by atoms with Crippen molar-refractivity contribution < 1.29 is 24.1 Å². The number of hydrogen-bond donors (Lipinski definition) is 2. The number of nitrogens with one attached hydrogen (secondary N) is 1. The Kier molecular flexibility index (Phi) is 7.00. The van der Waals surface area contributed by atoms with Crippen LogP contribution in [0, 0.1) is 0 Å². The molecule has 0 saturated carbocycles. The smallest absolute Gasteiger partial charge is 0.203 e. The lowest BCUT2D eigenvalue weighted by Crippen LogP contribution is -1.96. The highest BCUT2D eigenvalue weighted by Crippen LogP contribution is 2.40. The third kappa shape index (κ3) is 4.47. The summed E-state index contributed by atoms with van der Waals surface area (Å²) in [5.74, 6) is 2.12. The number of aromatic hydroxyl groups is 1. The van der Waals surface area contributed by atoms with Crippen LogP contribution in [-0.2, 0) is 0 Å². The van der Waals surface area contributed by atoms with Gasteiger partial charge < -0.3 is 29.4 Å². The van der Waals surface area contributed by atoms with Crippen molar-refractivity contribution in [3.8, 4) is 28.7 Å². The van der Waals surface area contributed by atoms with Crippen molar-refractivity contribution in [3.63, 3.8) is 0 Å². The molecule has 144 valence electrons. The Bertz CT molecular complexity index is 818. The Morgan fingerprint density at radius 1 is 0.852 bits per heavy atom. The molecule has 2 aromatic rings. The standard InChI is InChI=1S/C21H25NO5/c1-6-11-22-19-15(9-10-16(24-2)20(19)23)8-7-14-12-17(25-3)21(27-5)18(13-14)26-4/h6-13,22-23H,1-5H3/b8-7-,11-6-. The first-order chi connectivity index (χ1) is 13.1. The summed E-state index contributed by atoms with van der Waals surface area (Å²) in [5, 5.41) is 13.5. The highest BCUT2D eigenvalue weighted by Gasteiger charge is 2.13. The monoisotopic (exact) mass is 371 g/mol. The van der Waals surface area contributed by atoms with Gasteiger partial charge in [-0.15, -0.1) is 0 Å². The van der Waals surface area contributed by atoms with Crippen LogP contribution in [0.15, 0.2) is 36.5 Å². The summed E-state index contributed by atoms with van der Waals surface area (Å²) in [6.07, 6.45) is 7.36. The molecule has 2 N–H and O–H groups in total. The van der Waals surface area contributed by atoms with Crippen LogP contribution in [0.1, 0.15) is 18.1 Å². The molecule has 0 aliphatic rings. The van der Waals surface area contributed by atoms with E-state index in [9.17, 15) is 5.11 Å². The van der Waals surface area contributed by atoms with Gasteiger partial charge in [-0.25, -0.2) is 0 Å². The Balaban J connectivity index is 2.47. The largest absolute Gasteiger partial charge is 0.503 e. The number of anilines is 1. The number of allylic oxidation sites excluding steroid dienone is 1. The molecule has 0 spiro atoms. The van der Waals surface area contributed by atoms with Crippen molar-refractivity contribution in [1.29, 1.82) is 0 Å². The second-order valence-electron chi connectivity index (χ2n) is 5.52. The second kappa shape index (κ2) is 9.43. The van der Waals surface area contributed by atoms with E-state index in [2.05, 4.69) is 5.32 Å². The second-order valence-corrected chi connectivity index (χ2v) is 5.52. The molecule has 0 saturated heterocycles. The van der Waals surface area contributed by atoms with Crippen molar-refractivity contribution >= 4 is 17.8 Å². The molecule has 0 atom stereocenters. The van der Waals surface area contributed by atoms with Crippen LogP contribution in [0.5, 0.6) is 28.7 Å². The van der Waals surface area contributed by atoms with E-state index in [-0.39, 0.29) is 5.75 Å². The molecule has 6 heteroatoms. The fourth-order valence-electron chi connectivity index (χ4n) is 2.59. The Labute approximate surface area is 159 Å². The molecule has 0 aromatic heterocycles. The highest BCUT2D eigenvalue weighted by atomic mass is 16.5.